The fourth-order valence-electron chi connectivity index (χ4n) is 3.33. The highest BCUT2D eigenvalue weighted by Gasteiger charge is 2.33. The molecule has 1 aromatic carbocycles. The Labute approximate surface area is 160 Å². The first-order chi connectivity index (χ1) is 13.2. The van der Waals surface area contributed by atoms with Gasteiger partial charge in [-0.05, 0) is 38.0 Å². The van der Waals surface area contributed by atoms with Crippen molar-refractivity contribution in [3.63, 3.8) is 0 Å². The largest absolute Gasteiger partial charge is 0.339 e. The van der Waals surface area contributed by atoms with Crippen molar-refractivity contribution in [2.45, 2.75) is 32.2 Å². The number of imidazole rings is 1. The van der Waals surface area contributed by atoms with Crippen molar-refractivity contribution < 1.29 is 9.32 Å². The average molecular weight is 385 g/mol. The molecule has 0 radical (unpaired) electrons. The number of hydrogen-bond acceptors (Lipinski definition) is 5. The van der Waals surface area contributed by atoms with E-state index >= 15 is 0 Å². The van der Waals surface area contributed by atoms with Crippen molar-refractivity contribution in [1.82, 2.24) is 25.0 Å². The molecular weight excluding hydrogens is 368 g/mol. The number of amides is 2. The van der Waals surface area contributed by atoms with Crippen LogP contribution in [0.4, 0.5) is 10.5 Å². The summed E-state index contributed by atoms with van der Waals surface area (Å²) in [6.07, 6.45) is 3.89. The Morgan fingerprint density at radius 1 is 1.37 bits per heavy atom. The Bertz CT molecular complexity index is 1040. The molecule has 2 aliphatic rings. The van der Waals surface area contributed by atoms with Gasteiger partial charge in [0, 0.05) is 17.5 Å². The standard InChI is InChI=1S/C18H17ClN6O2/c1-2-20-18(26)24-8-14-15(16-22-17(27-23-16)10-3-4-10)21-9-25(14)12-6-5-11(19)7-13(12)24/h5-7,9-10H,2-4,8H2,1H3,(H,20,26). The molecule has 1 fully saturated rings. The van der Waals surface area contributed by atoms with E-state index < -0.39 is 0 Å². The van der Waals surface area contributed by atoms with Crippen LogP contribution in [0.1, 0.15) is 37.3 Å². The van der Waals surface area contributed by atoms with Crippen LogP contribution in [0, 0.1) is 0 Å². The lowest BCUT2D eigenvalue weighted by atomic mass is 10.1. The maximum absolute atomic E-state index is 12.6. The van der Waals surface area contributed by atoms with Crippen LogP contribution in [0.25, 0.3) is 17.2 Å². The Hall–Kier alpha value is -2.87. The van der Waals surface area contributed by atoms with Crippen molar-refractivity contribution >= 4 is 23.3 Å². The Morgan fingerprint density at radius 3 is 3.00 bits per heavy atom. The summed E-state index contributed by atoms with van der Waals surface area (Å²) in [4.78, 5) is 23.3. The van der Waals surface area contributed by atoms with Crippen LogP contribution >= 0.6 is 11.6 Å². The molecule has 0 saturated heterocycles. The number of urea groups is 1. The van der Waals surface area contributed by atoms with Crippen LogP contribution in [0.2, 0.25) is 5.02 Å². The molecule has 2 aromatic heterocycles. The molecule has 8 nitrogen and oxygen atoms in total. The van der Waals surface area contributed by atoms with Gasteiger partial charge in [-0.15, -0.1) is 0 Å². The van der Waals surface area contributed by atoms with E-state index in [1.165, 1.54) is 0 Å². The highest BCUT2D eigenvalue weighted by molar-refractivity contribution is 6.31. The minimum atomic E-state index is -0.189. The summed E-state index contributed by atoms with van der Waals surface area (Å²) < 4.78 is 7.33. The van der Waals surface area contributed by atoms with E-state index in [2.05, 4.69) is 20.4 Å². The second-order valence-corrected chi connectivity index (χ2v) is 7.13. The van der Waals surface area contributed by atoms with Crippen molar-refractivity contribution in [2.75, 3.05) is 11.4 Å². The number of halogens is 1. The number of aromatic nitrogens is 4. The molecule has 1 aliphatic carbocycles. The van der Waals surface area contributed by atoms with Gasteiger partial charge in [0.2, 0.25) is 11.7 Å². The van der Waals surface area contributed by atoms with Crippen LogP contribution in [-0.2, 0) is 6.54 Å². The zero-order valence-electron chi connectivity index (χ0n) is 14.6. The van der Waals surface area contributed by atoms with Crippen molar-refractivity contribution in [1.29, 1.82) is 0 Å². The van der Waals surface area contributed by atoms with Crippen LogP contribution in [0.5, 0.6) is 0 Å². The topological polar surface area (TPSA) is 89.1 Å². The SMILES string of the molecule is CCNC(=O)N1Cc2c(-c3noc(C4CC4)n3)ncn2-c2ccc(Cl)cc21. The van der Waals surface area contributed by atoms with Gasteiger partial charge in [0.05, 0.1) is 23.6 Å². The van der Waals surface area contributed by atoms with Gasteiger partial charge < -0.3 is 9.84 Å². The number of hydrogen-bond donors (Lipinski definition) is 1. The Balaban J connectivity index is 1.61. The molecule has 5 rings (SSSR count). The molecule has 2 amide bonds. The molecule has 1 N–H and O–H groups in total. The summed E-state index contributed by atoms with van der Waals surface area (Å²) in [6, 6.07) is 5.27. The van der Waals surface area contributed by atoms with E-state index in [1.54, 1.807) is 23.4 Å². The third-order valence-electron chi connectivity index (χ3n) is 4.82. The predicted octanol–water partition coefficient (Wildman–Crippen LogP) is 3.50. The Kier molecular flexibility index (Phi) is 3.68. The van der Waals surface area contributed by atoms with Gasteiger partial charge in [-0.3, -0.25) is 9.47 Å². The maximum atomic E-state index is 12.6. The molecule has 3 aromatic rings. The normalized spacial score (nSPS) is 15.4. The summed E-state index contributed by atoms with van der Waals surface area (Å²) >= 11 is 6.17. The number of benzene rings is 1. The van der Waals surface area contributed by atoms with Crippen LogP contribution in [0.3, 0.4) is 0 Å². The first-order valence-electron chi connectivity index (χ1n) is 8.91. The molecule has 0 unspecified atom stereocenters. The number of fused-ring (bicyclic) bond motifs is 3. The Morgan fingerprint density at radius 2 is 2.22 bits per heavy atom. The highest BCUT2D eigenvalue weighted by Crippen LogP contribution is 2.41. The third-order valence-corrected chi connectivity index (χ3v) is 5.05. The molecule has 0 spiro atoms. The fraction of sp³-hybridized carbons (Fsp3) is 0.333. The van der Waals surface area contributed by atoms with Crippen molar-refractivity contribution in [2.24, 2.45) is 0 Å². The van der Waals surface area contributed by atoms with E-state index in [1.807, 2.05) is 17.6 Å². The van der Waals surface area contributed by atoms with Gasteiger partial charge >= 0.3 is 6.03 Å². The second kappa shape index (κ2) is 6.09. The van der Waals surface area contributed by atoms with Crippen molar-refractivity contribution in [3.05, 3.63) is 41.1 Å². The smallest absolute Gasteiger partial charge is 0.322 e. The van der Waals surface area contributed by atoms with Gasteiger partial charge in [0.1, 0.15) is 12.0 Å². The first-order valence-corrected chi connectivity index (χ1v) is 9.29. The monoisotopic (exact) mass is 384 g/mol. The van der Waals surface area contributed by atoms with E-state index in [4.69, 9.17) is 16.1 Å². The number of nitrogens with zero attached hydrogens (tertiary/aromatic N) is 5. The predicted molar refractivity (Wildman–Crippen MR) is 99.1 cm³/mol. The minimum absolute atomic E-state index is 0.189. The highest BCUT2D eigenvalue weighted by atomic mass is 35.5. The molecule has 0 bridgehead atoms. The zero-order chi connectivity index (χ0) is 18.5. The molecule has 138 valence electrons. The summed E-state index contributed by atoms with van der Waals surface area (Å²) in [6.45, 7) is 2.75. The number of anilines is 1. The fourth-order valence-corrected chi connectivity index (χ4v) is 3.49. The molecular formula is C18H17ClN6O2. The molecule has 9 heteroatoms. The average Bonchev–Trinajstić information content (AvgIpc) is 3.24. The molecule has 3 heterocycles. The van der Waals surface area contributed by atoms with Gasteiger partial charge in [0.15, 0.2) is 0 Å². The van der Waals surface area contributed by atoms with Gasteiger partial charge in [-0.25, -0.2) is 9.78 Å². The first kappa shape index (κ1) is 16.3. The van der Waals surface area contributed by atoms with E-state index in [0.717, 1.165) is 29.9 Å². The third kappa shape index (κ3) is 2.68. The van der Waals surface area contributed by atoms with E-state index in [0.29, 0.717) is 41.4 Å². The number of carbonyl (C=O) groups is 1. The number of carbonyl (C=O) groups excluding carboxylic acids is 1. The van der Waals surface area contributed by atoms with Gasteiger partial charge in [-0.1, -0.05) is 16.8 Å². The summed E-state index contributed by atoms with van der Waals surface area (Å²) in [7, 11) is 0. The number of nitrogens with one attached hydrogen (secondary N) is 1. The number of rotatable bonds is 3. The second-order valence-electron chi connectivity index (χ2n) is 6.70. The quantitative estimate of drug-likeness (QED) is 0.746. The molecule has 0 atom stereocenters. The lowest BCUT2D eigenvalue weighted by molar-refractivity contribution is 0.246. The molecule has 1 saturated carbocycles. The zero-order valence-corrected chi connectivity index (χ0v) is 15.4. The minimum Gasteiger partial charge on any atom is -0.339 e. The van der Waals surface area contributed by atoms with Gasteiger partial charge in [-0.2, -0.15) is 4.98 Å². The summed E-state index contributed by atoms with van der Waals surface area (Å²) in [5, 5.41) is 7.52. The van der Waals surface area contributed by atoms with Crippen molar-refractivity contribution in [3.8, 4) is 17.2 Å². The van der Waals surface area contributed by atoms with Crippen LogP contribution < -0.4 is 10.2 Å². The van der Waals surface area contributed by atoms with E-state index in [9.17, 15) is 4.79 Å². The molecule has 1 aliphatic heterocycles. The van der Waals surface area contributed by atoms with Crippen LogP contribution in [-0.4, -0.2) is 32.3 Å². The maximum Gasteiger partial charge on any atom is 0.322 e. The van der Waals surface area contributed by atoms with Crippen LogP contribution in [0.15, 0.2) is 29.0 Å². The van der Waals surface area contributed by atoms with Gasteiger partial charge in [0.25, 0.3) is 0 Å². The lowest BCUT2D eigenvalue weighted by Crippen LogP contribution is -2.42. The molecule has 27 heavy (non-hydrogen) atoms. The summed E-state index contributed by atoms with van der Waals surface area (Å²) in [5.74, 6) is 1.49. The van der Waals surface area contributed by atoms with E-state index in [-0.39, 0.29) is 6.03 Å². The summed E-state index contributed by atoms with van der Waals surface area (Å²) in [5.41, 5.74) is 3.02. The lowest BCUT2D eigenvalue weighted by Gasteiger charge is -2.31.